The Labute approximate surface area is 104 Å². The fourth-order valence-electron chi connectivity index (χ4n) is 4.12. The average molecular weight is 258 g/mol. The molecular weight excluding hydrogens is 236 g/mol. The van der Waals surface area contributed by atoms with Crippen molar-refractivity contribution in [3.05, 3.63) is 0 Å². The molecule has 3 fully saturated rings. The van der Waals surface area contributed by atoms with Crippen LogP contribution in [0.2, 0.25) is 0 Å². The van der Waals surface area contributed by atoms with Gasteiger partial charge in [-0.05, 0) is 50.5 Å². The van der Waals surface area contributed by atoms with Gasteiger partial charge >= 0.3 is 0 Å². The van der Waals surface area contributed by atoms with Crippen LogP contribution in [0, 0.1) is 11.8 Å². The van der Waals surface area contributed by atoms with Gasteiger partial charge in [-0.3, -0.25) is 0 Å². The van der Waals surface area contributed by atoms with Gasteiger partial charge in [0.25, 0.3) is 0 Å². The van der Waals surface area contributed by atoms with E-state index < -0.39 is 10.0 Å². The maximum atomic E-state index is 11.7. The molecule has 98 valence electrons. The summed E-state index contributed by atoms with van der Waals surface area (Å²) in [5.74, 6) is 1.35. The number of nitrogens with zero attached hydrogens (tertiary/aromatic N) is 1. The Balaban J connectivity index is 1.76. The minimum absolute atomic E-state index is 0.295. The molecule has 1 N–H and O–H groups in total. The van der Waals surface area contributed by atoms with Gasteiger partial charge in [0.05, 0.1) is 6.26 Å². The molecule has 3 atom stereocenters. The molecule has 3 aliphatic rings. The van der Waals surface area contributed by atoms with E-state index in [-0.39, 0.29) is 0 Å². The Morgan fingerprint density at radius 3 is 2.65 bits per heavy atom. The first-order valence-electron chi connectivity index (χ1n) is 6.72. The largest absolute Gasteiger partial charge is 0.311 e. The van der Waals surface area contributed by atoms with Gasteiger partial charge in [-0.15, -0.1) is 0 Å². The van der Waals surface area contributed by atoms with Crippen LogP contribution in [0.3, 0.4) is 0 Å². The molecule has 0 aromatic carbocycles. The van der Waals surface area contributed by atoms with E-state index in [1.165, 1.54) is 31.9 Å². The zero-order valence-corrected chi connectivity index (χ0v) is 11.3. The van der Waals surface area contributed by atoms with Crippen molar-refractivity contribution in [3.8, 4) is 0 Å². The lowest BCUT2D eigenvalue weighted by Gasteiger charge is -2.53. The standard InChI is InChI=1S/C12H22N2O2S/c1-17(15,16)14-8-2-3-11(9-14)12-6-4-10(12)5-7-13-12/h10-11,13H,2-9H2,1H3. The van der Waals surface area contributed by atoms with Gasteiger partial charge < -0.3 is 5.32 Å². The van der Waals surface area contributed by atoms with E-state index in [1.54, 1.807) is 4.31 Å². The predicted octanol–water partition coefficient (Wildman–Crippen LogP) is 0.800. The molecule has 1 saturated carbocycles. The van der Waals surface area contributed by atoms with Crippen molar-refractivity contribution in [2.24, 2.45) is 11.8 Å². The summed E-state index contributed by atoms with van der Waals surface area (Å²) >= 11 is 0. The first-order valence-corrected chi connectivity index (χ1v) is 8.57. The van der Waals surface area contributed by atoms with Crippen LogP contribution in [-0.2, 0) is 10.0 Å². The molecule has 0 bridgehead atoms. The van der Waals surface area contributed by atoms with Crippen LogP contribution in [0.4, 0.5) is 0 Å². The van der Waals surface area contributed by atoms with Crippen LogP contribution in [0.5, 0.6) is 0 Å². The Hall–Kier alpha value is -0.130. The van der Waals surface area contributed by atoms with E-state index in [0.717, 1.165) is 32.0 Å². The second kappa shape index (κ2) is 3.93. The highest BCUT2D eigenvalue weighted by Gasteiger charge is 2.55. The molecule has 17 heavy (non-hydrogen) atoms. The minimum Gasteiger partial charge on any atom is -0.311 e. The van der Waals surface area contributed by atoms with E-state index in [1.807, 2.05) is 0 Å². The number of fused-ring (bicyclic) bond motifs is 1. The Morgan fingerprint density at radius 1 is 1.24 bits per heavy atom. The Bertz CT molecular complexity index is 409. The summed E-state index contributed by atoms with van der Waals surface area (Å²) in [5.41, 5.74) is 0.295. The summed E-state index contributed by atoms with van der Waals surface area (Å²) in [6.07, 6.45) is 7.43. The number of hydrogen-bond acceptors (Lipinski definition) is 3. The molecule has 1 aliphatic carbocycles. The molecule has 0 amide bonds. The highest BCUT2D eigenvalue weighted by Crippen LogP contribution is 2.51. The van der Waals surface area contributed by atoms with E-state index in [9.17, 15) is 8.42 Å². The fraction of sp³-hybridized carbons (Fsp3) is 1.00. The Morgan fingerprint density at radius 2 is 2.06 bits per heavy atom. The third-order valence-corrected chi connectivity index (χ3v) is 6.43. The van der Waals surface area contributed by atoms with E-state index in [2.05, 4.69) is 5.32 Å². The highest BCUT2D eigenvalue weighted by molar-refractivity contribution is 7.88. The molecule has 5 heteroatoms. The van der Waals surface area contributed by atoms with Crippen LogP contribution < -0.4 is 5.32 Å². The molecule has 0 spiro atoms. The van der Waals surface area contributed by atoms with Gasteiger partial charge in [0.2, 0.25) is 10.0 Å². The van der Waals surface area contributed by atoms with Crippen LogP contribution in [0.15, 0.2) is 0 Å². The lowest BCUT2D eigenvalue weighted by Crippen LogP contribution is -2.61. The van der Waals surface area contributed by atoms with Crippen molar-refractivity contribution in [1.29, 1.82) is 0 Å². The molecule has 2 aliphatic heterocycles. The summed E-state index contributed by atoms with van der Waals surface area (Å²) in [7, 11) is -3.00. The number of nitrogens with one attached hydrogen (secondary N) is 1. The fourth-order valence-corrected chi connectivity index (χ4v) is 5.03. The molecule has 3 rings (SSSR count). The maximum absolute atomic E-state index is 11.7. The second-order valence-corrected chi connectivity index (χ2v) is 7.93. The van der Waals surface area contributed by atoms with Crippen molar-refractivity contribution < 1.29 is 8.42 Å². The molecular formula is C12H22N2O2S. The smallest absolute Gasteiger partial charge is 0.211 e. The minimum atomic E-state index is -3.00. The predicted molar refractivity (Wildman–Crippen MR) is 67.2 cm³/mol. The summed E-state index contributed by atoms with van der Waals surface area (Å²) in [6, 6.07) is 0. The summed E-state index contributed by atoms with van der Waals surface area (Å²) in [5, 5.41) is 3.69. The summed E-state index contributed by atoms with van der Waals surface area (Å²) in [4.78, 5) is 0. The number of hydrogen-bond donors (Lipinski definition) is 1. The molecule has 0 aromatic rings. The lowest BCUT2D eigenvalue weighted by atomic mass is 9.60. The maximum Gasteiger partial charge on any atom is 0.211 e. The first-order chi connectivity index (χ1) is 8.02. The van der Waals surface area contributed by atoms with Crippen molar-refractivity contribution in [1.82, 2.24) is 9.62 Å². The molecule has 2 heterocycles. The molecule has 0 radical (unpaired) electrons. The second-order valence-electron chi connectivity index (χ2n) is 5.95. The SMILES string of the molecule is CS(=O)(=O)N1CCCC(C23CCC2CCN3)C1. The zero-order valence-electron chi connectivity index (χ0n) is 10.5. The van der Waals surface area contributed by atoms with Gasteiger partial charge in [-0.25, -0.2) is 12.7 Å². The van der Waals surface area contributed by atoms with Crippen LogP contribution >= 0.6 is 0 Å². The van der Waals surface area contributed by atoms with E-state index >= 15 is 0 Å². The average Bonchev–Trinajstić information content (AvgIpc) is 2.54. The molecule has 2 saturated heterocycles. The van der Waals surface area contributed by atoms with Crippen molar-refractivity contribution in [2.75, 3.05) is 25.9 Å². The number of sulfonamides is 1. The van der Waals surface area contributed by atoms with Crippen molar-refractivity contribution in [3.63, 3.8) is 0 Å². The van der Waals surface area contributed by atoms with Gasteiger partial charge in [0, 0.05) is 18.6 Å². The third kappa shape index (κ3) is 1.83. The summed E-state index contributed by atoms with van der Waals surface area (Å²) < 4.78 is 25.0. The third-order valence-electron chi connectivity index (χ3n) is 5.16. The normalized spacial score (nSPS) is 43.1. The van der Waals surface area contributed by atoms with Crippen LogP contribution in [-0.4, -0.2) is 44.2 Å². The Kier molecular flexibility index (Phi) is 2.76. The lowest BCUT2D eigenvalue weighted by molar-refractivity contribution is 0.0354. The molecule has 4 nitrogen and oxygen atoms in total. The highest BCUT2D eigenvalue weighted by atomic mass is 32.2. The quantitative estimate of drug-likeness (QED) is 0.797. The van der Waals surface area contributed by atoms with E-state index in [4.69, 9.17) is 0 Å². The zero-order chi connectivity index (χ0) is 12.1. The molecule has 0 aromatic heterocycles. The van der Waals surface area contributed by atoms with Crippen molar-refractivity contribution >= 4 is 10.0 Å². The monoisotopic (exact) mass is 258 g/mol. The summed E-state index contributed by atoms with van der Waals surface area (Å²) in [6.45, 7) is 2.58. The molecule has 3 unspecified atom stereocenters. The number of rotatable bonds is 2. The van der Waals surface area contributed by atoms with Crippen molar-refractivity contribution in [2.45, 2.75) is 37.6 Å². The topological polar surface area (TPSA) is 49.4 Å². The van der Waals surface area contributed by atoms with E-state index in [0.29, 0.717) is 11.5 Å². The van der Waals surface area contributed by atoms with Gasteiger partial charge in [0.1, 0.15) is 0 Å². The van der Waals surface area contributed by atoms with Crippen LogP contribution in [0.25, 0.3) is 0 Å². The first kappa shape index (κ1) is 11.9. The van der Waals surface area contributed by atoms with Gasteiger partial charge in [-0.1, -0.05) is 0 Å². The van der Waals surface area contributed by atoms with Crippen LogP contribution in [0.1, 0.15) is 32.1 Å². The van der Waals surface area contributed by atoms with Gasteiger partial charge in [0.15, 0.2) is 0 Å². The van der Waals surface area contributed by atoms with Gasteiger partial charge in [-0.2, -0.15) is 0 Å². The number of piperidine rings is 1.